The van der Waals surface area contributed by atoms with Crippen LogP contribution in [0.1, 0.15) is 16.1 Å². The van der Waals surface area contributed by atoms with E-state index in [1.807, 2.05) is 6.07 Å². The van der Waals surface area contributed by atoms with Crippen LogP contribution in [0.4, 0.5) is 5.69 Å². The highest BCUT2D eigenvalue weighted by Gasteiger charge is 2.07. The quantitative estimate of drug-likeness (QED) is 0.792. The van der Waals surface area contributed by atoms with Gasteiger partial charge in [0, 0.05) is 11.9 Å². The topological polar surface area (TPSA) is 81.6 Å². The molecular weight excluding hydrogens is 204 g/mol. The van der Waals surface area contributed by atoms with Crippen molar-refractivity contribution in [1.29, 1.82) is 5.26 Å². The van der Waals surface area contributed by atoms with Crippen LogP contribution in [0.15, 0.2) is 36.5 Å². The largest absolute Gasteiger partial charge is 0.321 e. The van der Waals surface area contributed by atoms with Crippen molar-refractivity contribution in [2.45, 2.75) is 0 Å². The Labute approximate surface area is 91.7 Å². The maximum absolute atomic E-state index is 11.6. The van der Waals surface area contributed by atoms with Gasteiger partial charge in [0.05, 0.1) is 11.6 Å². The molecule has 2 rings (SSSR count). The highest BCUT2D eigenvalue weighted by atomic mass is 16.1. The van der Waals surface area contributed by atoms with E-state index in [2.05, 4.69) is 15.5 Å². The van der Waals surface area contributed by atoms with E-state index in [1.165, 1.54) is 0 Å². The van der Waals surface area contributed by atoms with Gasteiger partial charge >= 0.3 is 0 Å². The number of amides is 1. The number of benzene rings is 1. The molecule has 2 N–H and O–H groups in total. The number of nitrogens with one attached hydrogen (secondary N) is 2. The van der Waals surface area contributed by atoms with Crippen molar-refractivity contribution in [1.82, 2.24) is 10.2 Å². The summed E-state index contributed by atoms with van der Waals surface area (Å²) < 4.78 is 0. The molecule has 5 heteroatoms. The molecule has 5 nitrogen and oxygen atoms in total. The molecule has 16 heavy (non-hydrogen) atoms. The minimum absolute atomic E-state index is 0.308. The molecule has 1 aromatic carbocycles. The number of nitriles is 1. The lowest BCUT2D eigenvalue weighted by Crippen LogP contribution is -2.12. The fourth-order valence-corrected chi connectivity index (χ4v) is 1.25. The number of aromatic nitrogens is 2. The van der Waals surface area contributed by atoms with E-state index in [1.54, 1.807) is 36.5 Å². The van der Waals surface area contributed by atoms with Gasteiger partial charge in [0.25, 0.3) is 5.91 Å². The molecule has 1 heterocycles. The third-order valence-electron chi connectivity index (χ3n) is 1.98. The lowest BCUT2D eigenvalue weighted by Gasteiger charge is -2.02. The SMILES string of the molecule is N#Cc1cccc(NC(=O)c2cc[nH]n2)c1. The summed E-state index contributed by atoms with van der Waals surface area (Å²) in [7, 11) is 0. The van der Waals surface area contributed by atoms with Gasteiger partial charge in [-0.15, -0.1) is 0 Å². The van der Waals surface area contributed by atoms with Crippen LogP contribution in [0.3, 0.4) is 0 Å². The normalized spacial score (nSPS) is 9.44. The first kappa shape index (κ1) is 9.93. The minimum atomic E-state index is -0.309. The van der Waals surface area contributed by atoms with Crippen molar-refractivity contribution in [2.75, 3.05) is 5.32 Å². The van der Waals surface area contributed by atoms with Crippen LogP contribution in [-0.2, 0) is 0 Å². The van der Waals surface area contributed by atoms with Crippen molar-refractivity contribution < 1.29 is 4.79 Å². The van der Waals surface area contributed by atoms with E-state index in [0.29, 0.717) is 16.9 Å². The number of hydrogen-bond acceptors (Lipinski definition) is 3. The zero-order valence-corrected chi connectivity index (χ0v) is 8.27. The Morgan fingerprint density at radius 3 is 3.00 bits per heavy atom. The lowest BCUT2D eigenvalue weighted by atomic mass is 10.2. The number of rotatable bonds is 2. The first-order chi connectivity index (χ1) is 7.79. The Balaban J connectivity index is 2.16. The molecule has 0 fully saturated rings. The van der Waals surface area contributed by atoms with Crippen LogP contribution >= 0.6 is 0 Å². The molecule has 2 aromatic rings. The summed E-state index contributed by atoms with van der Waals surface area (Å²) in [6.07, 6.45) is 1.57. The van der Waals surface area contributed by atoms with Gasteiger partial charge in [-0.1, -0.05) is 6.07 Å². The van der Waals surface area contributed by atoms with Gasteiger partial charge in [-0.05, 0) is 24.3 Å². The molecule has 1 aromatic heterocycles. The van der Waals surface area contributed by atoms with Crippen LogP contribution in [0.5, 0.6) is 0 Å². The summed E-state index contributed by atoms with van der Waals surface area (Å²) in [6.45, 7) is 0. The Kier molecular flexibility index (Phi) is 2.65. The average molecular weight is 212 g/mol. The second kappa shape index (κ2) is 4.28. The maximum atomic E-state index is 11.6. The van der Waals surface area contributed by atoms with Crippen molar-refractivity contribution >= 4 is 11.6 Å². The fourth-order valence-electron chi connectivity index (χ4n) is 1.25. The second-order valence-corrected chi connectivity index (χ2v) is 3.11. The highest BCUT2D eigenvalue weighted by Crippen LogP contribution is 2.10. The highest BCUT2D eigenvalue weighted by molar-refractivity contribution is 6.02. The number of carbonyl (C=O) groups is 1. The summed E-state index contributed by atoms with van der Waals surface area (Å²) >= 11 is 0. The molecule has 78 valence electrons. The fraction of sp³-hybridized carbons (Fsp3) is 0. The Morgan fingerprint density at radius 2 is 2.31 bits per heavy atom. The first-order valence-electron chi connectivity index (χ1n) is 4.61. The molecule has 0 radical (unpaired) electrons. The smallest absolute Gasteiger partial charge is 0.276 e. The number of H-pyrrole nitrogens is 1. The zero-order valence-electron chi connectivity index (χ0n) is 8.27. The summed E-state index contributed by atoms with van der Waals surface area (Å²) in [5, 5.41) is 17.7. The minimum Gasteiger partial charge on any atom is -0.321 e. The van der Waals surface area contributed by atoms with Crippen LogP contribution in [0.25, 0.3) is 0 Å². The molecule has 0 bridgehead atoms. The van der Waals surface area contributed by atoms with Gasteiger partial charge in [-0.2, -0.15) is 10.4 Å². The van der Waals surface area contributed by atoms with E-state index in [-0.39, 0.29) is 5.91 Å². The molecule has 0 atom stereocenters. The molecule has 1 amide bonds. The molecule has 0 spiro atoms. The van der Waals surface area contributed by atoms with Crippen LogP contribution < -0.4 is 5.32 Å². The van der Waals surface area contributed by atoms with E-state index >= 15 is 0 Å². The van der Waals surface area contributed by atoms with Gasteiger partial charge in [-0.3, -0.25) is 9.89 Å². The van der Waals surface area contributed by atoms with E-state index < -0.39 is 0 Å². The van der Waals surface area contributed by atoms with Gasteiger partial charge in [0.15, 0.2) is 0 Å². The van der Waals surface area contributed by atoms with Gasteiger partial charge in [0.2, 0.25) is 0 Å². The number of nitrogens with zero attached hydrogens (tertiary/aromatic N) is 2. The van der Waals surface area contributed by atoms with Crippen molar-refractivity contribution in [3.63, 3.8) is 0 Å². The second-order valence-electron chi connectivity index (χ2n) is 3.11. The van der Waals surface area contributed by atoms with Crippen LogP contribution in [-0.4, -0.2) is 16.1 Å². The number of aromatic amines is 1. The monoisotopic (exact) mass is 212 g/mol. The zero-order chi connectivity index (χ0) is 11.4. The summed E-state index contributed by atoms with van der Waals surface area (Å²) in [5.41, 5.74) is 1.38. The Bertz CT molecular complexity index is 539. The third-order valence-corrected chi connectivity index (χ3v) is 1.98. The molecule has 0 aliphatic heterocycles. The van der Waals surface area contributed by atoms with Crippen molar-refractivity contribution in [3.05, 3.63) is 47.8 Å². The lowest BCUT2D eigenvalue weighted by molar-refractivity contribution is 0.102. The van der Waals surface area contributed by atoms with E-state index in [9.17, 15) is 4.79 Å². The summed E-state index contributed by atoms with van der Waals surface area (Å²) in [5.74, 6) is -0.309. The van der Waals surface area contributed by atoms with Crippen LogP contribution in [0, 0.1) is 11.3 Å². The van der Waals surface area contributed by atoms with Crippen molar-refractivity contribution in [2.24, 2.45) is 0 Å². The summed E-state index contributed by atoms with van der Waals surface area (Å²) in [4.78, 5) is 11.6. The van der Waals surface area contributed by atoms with E-state index in [0.717, 1.165) is 0 Å². The predicted molar refractivity (Wildman–Crippen MR) is 57.7 cm³/mol. The molecule has 0 saturated carbocycles. The molecule has 0 aliphatic carbocycles. The number of carbonyl (C=O) groups excluding carboxylic acids is 1. The van der Waals surface area contributed by atoms with Gasteiger partial charge in [0.1, 0.15) is 5.69 Å². The van der Waals surface area contributed by atoms with Gasteiger partial charge < -0.3 is 5.32 Å². The average Bonchev–Trinajstić information content (AvgIpc) is 2.83. The maximum Gasteiger partial charge on any atom is 0.276 e. The van der Waals surface area contributed by atoms with E-state index in [4.69, 9.17) is 5.26 Å². The first-order valence-corrected chi connectivity index (χ1v) is 4.61. The molecule has 0 saturated heterocycles. The number of hydrogen-bond donors (Lipinski definition) is 2. The Hall–Kier alpha value is -2.61. The Morgan fingerprint density at radius 1 is 1.44 bits per heavy atom. The third kappa shape index (κ3) is 2.07. The van der Waals surface area contributed by atoms with Gasteiger partial charge in [-0.25, -0.2) is 0 Å². The standard InChI is InChI=1S/C11H8N4O/c12-7-8-2-1-3-9(6-8)14-11(16)10-4-5-13-15-10/h1-6H,(H,13,15)(H,14,16). The molecule has 0 unspecified atom stereocenters. The predicted octanol–water partition coefficient (Wildman–Crippen LogP) is 1.53. The number of anilines is 1. The molecule has 0 aliphatic rings. The van der Waals surface area contributed by atoms with Crippen molar-refractivity contribution in [3.8, 4) is 6.07 Å². The van der Waals surface area contributed by atoms with Crippen LogP contribution in [0.2, 0.25) is 0 Å². The summed E-state index contributed by atoms with van der Waals surface area (Å²) in [6, 6.07) is 10.3. The molecular formula is C11H8N4O.